The van der Waals surface area contributed by atoms with Gasteiger partial charge in [0.1, 0.15) is 17.1 Å². The van der Waals surface area contributed by atoms with Crippen molar-refractivity contribution in [2.24, 2.45) is 0 Å². The van der Waals surface area contributed by atoms with Gasteiger partial charge in [0.25, 0.3) is 0 Å². The Morgan fingerprint density at radius 1 is 1.06 bits per heavy atom. The summed E-state index contributed by atoms with van der Waals surface area (Å²) in [7, 11) is 0. The number of hydrogen-bond acceptors (Lipinski definition) is 7. The summed E-state index contributed by atoms with van der Waals surface area (Å²) in [5.41, 5.74) is 4.58. The number of aromatic nitrogens is 3. The average molecular weight is 415 g/mol. The summed E-state index contributed by atoms with van der Waals surface area (Å²) in [5, 5.41) is 14.3. The highest BCUT2D eigenvalue weighted by molar-refractivity contribution is 5.86. The van der Waals surface area contributed by atoms with Crippen molar-refractivity contribution in [3.63, 3.8) is 0 Å². The average Bonchev–Trinajstić information content (AvgIpc) is 3.13. The molecule has 0 unspecified atom stereocenters. The monoisotopic (exact) mass is 415 g/mol. The number of hydrogen-bond donors (Lipinski definition) is 2. The number of aromatic hydroxyl groups is 1. The molecule has 4 aromatic rings. The van der Waals surface area contributed by atoms with Gasteiger partial charge in [0.2, 0.25) is 0 Å². The van der Waals surface area contributed by atoms with Gasteiger partial charge in [0.05, 0.1) is 16.7 Å². The molecule has 0 spiro atoms. The first-order valence-corrected chi connectivity index (χ1v) is 10.9. The highest BCUT2D eigenvalue weighted by Crippen LogP contribution is 2.36. The largest absolute Gasteiger partial charge is 0.507 e. The number of rotatable bonds is 4. The first-order chi connectivity index (χ1) is 15.0. The van der Waals surface area contributed by atoms with Gasteiger partial charge in [0.15, 0.2) is 11.5 Å². The molecule has 3 aromatic heterocycles. The first-order valence-electron chi connectivity index (χ1n) is 10.9. The second kappa shape index (κ2) is 6.65. The molecule has 1 aliphatic heterocycles. The molecular weight excluding hydrogens is 390 g/mol. The Labute approximate surface area is 180 Å². The molecule has 1 saturated heterocycles. The molecule has 2 aliphatic rings. The molecule has 0 radical (unpaired) electrons. The highest BCUT2D eigenvalue weighted by atomic mass is 16.3. The standard InChI is InChI=1S/C24H25N5O2/c1-14-25-20-12-21(30)16(11-22(20)31-14)17-3-4-19-18(26-17)5-6-23(27-19)29-10-7-15(13-29)28-24(2)8-9-24/h3-6,11-12,15,28,30H,7-10,13H2,1-2H3/t15-/m0/s1. The van der Waals surface area contributed by atoms with E-state index in [0.717, 1.165) is 36.4 Å². The molecular formula is C24H25N5O2. The van der Waals surface area contributed by atoms with Gasteiger partial charge in [-0.15, -0.1) is 0 Å². The zero-order chi connectivity index (χ0) is 21.2. The maximum absolute atomic E-state index is 10.5. The number of phenolic OH excluding ortho intramolecular Hbond substituents is 1. The van der Waals surface area contributed by atoms with Crippen molar-refractivity contribution in [3.05, 3.63) is 42.3 Å². The molecule has 7 heteroatoms. The van der Waals surface area contributed by atoms with Crippen molar-refractivity contribution in [2.75, 3.05) is 18.0 Å². The van der Waals surface area contributed by atoms with Crippen LogP contribution in [-0.4, -0.2) is 44.7 Å². The number of aryl methyl sites for hydroxylation is 1. The maximum Gasteiger partial charge on any atom is 0.192 e. The lowest BCUT2D eigenvalue weighted by Crippen LogP contribution is -2.40. The smallest absolute Gasteiger partial charge is 0.192 e. The van der Waals surface area contributed by atoms with Crippen LogP contribution in [0.2, 0.25) is 0 Å². The summed E-state index contributed by atoms with van der Waals surface area (Å²) in [6, 6.07) is 11.9. The van der Waals surface area contributed by atoms with Crippen LogP contribution >= 0.6 is 0 Å². The van der Waals surface area contributed by atoms with Crippen LogP contribution in [0.3, 0.4) is 0 Å². The number of fused-ring (bicyclic) bond motifs is 2. The van der Waals surface area contributed by atoms with Crippen molar-refractivity contribution in [3.8, 4) is 17.0 Å². The van der Waals surface area contributed by atoms with Crippen molar-refractivity contribution in [2.45, 2.75) is 44.7 Å². The first kappa shape index (κ1) is 18.6. The topological polar surface area (TPSA) is 87.3 Å². The summed E-state index contributed by atoms with van der Waals surface area (Å²) in [5.74, 6) is 1.70. The highest BCUT2D eigenvalue weighted by Gasteiger charge is 2.40. The Balaban J connectivity index is 1.28. The fourth-order valence-corrected chi connectivity index (χ4v) is 4.52. The van der Waals surface area contributed by atoms with Gasteiger partial charge in [0, 0.05) is 43.2 Å². The fraction of sp³-hybridized carbons (Fsp3) is 0.375. The molecule has 1 aliphatic carbocycles. The minimum absolute atomic E-state index is 0.136. The Hall–Kier alpha value is -3.19. The van der Waals surface area contributed by atoms with E-state index in [1.165, 1.54) is 12.8 Å². The summed E-state index contributed by atoms with van der Waals surface area (Å²) in [4.78, 5) is 16.2. The predicted octanol–water partition coefficient (Wildman–Crippen LogP) is 4.17. The van der Waals surface area contributed by atoms with E-state index in [-0.39, 0.29) is 5.75 Å². The van der Waals surface area contributed by atoms with Gasteiger partial charge in [-0.25, -0.2) is 15.0 Å². The summed E-state index contributed by atoms with van der Waals surface area (Å²) < 4.78 is 5.61. The van der Waals surface area contributed by atoms with E-state index in [1.54, 1.807) is 19.1 Å². The molecule has 1 aromatic carbocycles. The molecule has 0 bridgehead atoms. The van der Waals surface area contributed by atoms with Crippen LogP contribution in [0.1, 0.15) is 32.1 Å². The normalized spacial score (nSPS) is 20.1. The van der Waals surface area contributed by atoms with Gasteiger partial charge >= 0.3 is 0 Å². The van der Waals surface area contributed by atoms with E-state index >= 15 is 0 Å². The third kappa shape index (κ3) is 3.39. The van der Waals surface area contributed by atoms with Crippen LogP contribution in [0.4, 0.5) is 5.82 Å². The Morgan fingerprint density at radius 2 is 1.87 bits per heavy atom. The van der Waals surface area contributed by atoms with Crippen LogP contribution in [0.15, 0.2) is 40.8 Å². The van der Waals surface area contributed by atoms with Gasteiger partial charge < -0.3 is 19.7 Å². The van der Waals surface area contributed by atoms with Crippen LogP contribution in [0, 0.1) is 6.92 Å². The third-order valence-corrected chi connectivity index (χ3v) is 6.48. The Bertz CT molecular complexity index is 1310. The van der Waals surface area contributed by atoms with E-state index in [1.807, 2.05) is 24.3 Å². The molecule has 1 atom stereocenters. The molecule has 2 N–H and O–H groups in total. The van der Waals surface area contributed by atoms with Crippen molar-refractivity contribution in [1.82, 2.24) is 20.3 Å². The van der Waals surface area contributed by atoms with Gasteiger partial charge in [-0.3, -0.25) is 0 Å². The second-order valence-corrected chi connectivity index (χ2v) is 9.11. The van der Waals surface area contributed by atoms with E-state index < -0.39 is 0 Å². The quantitative estimate of drug-likeness (QED) is 0.517. The zero-order valence-corrected chi connectivity index (χ0v) is 17.7. The summed E-state index contributed by atoms with van der Waals surface area (Å²) in [6.07, 6.45) is 3.71. The van der Waals surface area contributed by atoms with Crippen LogP contribution in [0.25, 0.3) is 33.4 Å². The van der Waals surface area contributed by atoms with Crippen LogP contribution in [-0.2, 0) is 0 Å². The lowest BCUT2D eigenvalue weighted by atomic mass is 10.1. The lowest BCUT2D eigenvalue weighted by molar-refractivity contribution is 0.455. The third-order valence-electron chi connectivity index (χ3n) is 6.48. The molecule has 7 nitrogen and oxygen atoms in total. The van der Waals surface area contributed by atoms with E-state index in [9.17, 15) is 5.11 Å². The molecule has 2 fully saturated rings. The van der Waals surface area contributed by atoms with E-state index in [0.29, 0.717) is 39.8 Å². The number of anilines is 1. The second-order valence-electron chi connectivity index (χ2n) is 9.11. The molecule has 4 heterocycles. The summed E-state index contributed by atoms with van der Waals surface area (Å²) >= 11 is 0. The Kier molecular flexibility index (Phi) is 3.99. The lowest BCUT2D eigenvalue weighted by Gasteiger charge is -2.20. The van der Waals surface area contributed by atoms with E-state index in [2.05, 4.69) is 22.1 Å². The van der Waals surface area contributed by atoms with Crippen molar-refractivity contribution < 1.29 is 9.52 Å². The number of benzene rings is 1. The van der Waals surface area contributed by atoms with Gasteiger partial charge in [-0.1, -0.05) is 0 Å². The van der Waals surface area contributed by atoms with Crippen molar-refractivity contribution in [1.29, 1.82) is 0 Å². The SMILES string of the molecule is Cc1nc2cc(O)c(-c3ccc4nc(N5CC[C@H](NC6(C)CC6)C5)ccc4n3)cc2o1. The zero-order valence-electron chi connectivity index (χ0n) is 17.7. The number of nitrogens with one attached hydrogen (secondary N) is 1. The van der Waals surface area contributed by atoms with Gasteiger partial charge in [-0.05, 0) is 56.5 Å². The van der Waals surface area contributed by atoms with Gasteiger partial charge in [-0.2, -0.15) is 0 Å². The number of oxazole rings is 1. The van der Waals surface area contributed by atoms with Crippen LogP contribution < -0.4 is 10.2 Å². The minimum Gasteiger partial charge on any atom is -0.507 e. The van der Waals surface area contributed by atoms with E-state index in [4.69, 9.17) is 14.4 Å². The Morgan fingerprint density at radius 3 is 2.71 bits per heavy atom. The molecule has 1 saturated carbocycles. The van der Waals surface area contributed by atoms with Crippen molar-refractivity contribution >= 4 is 28.0 Å². The molecule has 158 valence electrons. The number of phenols is 1. The molecule has 31 heavy (non-hydrogen) atoms. The molecule has 6 rings (SSSR count). The molecule has 0 amide bonds. The predicted molar refractivity (Wildman–Crippen MR) is 120 cm³/mol. The summed E-state index contributed by atoms with van der Waals surface area (Å²) in [6.45, 7) is 6.11. The number of pyridine rings is 2. The minimum atomic E-state index is 0.136. The van der Waals surface area contributed by atoms with Crippen LogP contribution in [0.5, 0.6) is 5.75 Å². The fourth-order valence-electron chi connectivity index (χ4n) is 4.52. The number of nitrogens with zero attached hydrogens (tertiary/aromatic N) is 4. The maximum atomic E-state index is 10.5.